The molecular weight excluding hydrogens is 283 g/mol. The van der Waals surface area contributed by atoms with Crippen molar-refractivity contribution >= 4 is 11.6 Å². The molecule has 3 nitrogen and oxygen atoms in total. The van der Waals surface area contributed by atoms with E-state index in [2.05, 4.69) is 4.98 Å². The maximum Gasteiger partial charge on any atom is 0.416 e. The van der Waals surface area contributed by atoms with Gasteiger partial charge in [0.1, 0.15) is 0 Å². The van der Waals surface area contributed by atoms with Gasteiger partial charge in [-0.2, -0.15) is 13.2 Å². The van der Waals surface area contributed by atoms with Crippen LogP contribution in [-0.4, -0.2) is 16.6 Å². The first-order chi connectivity index (χ1) is 9.88. The van der Waals surface area contributed by atoms with E-state index in [1.54, 1.807) is 6.07 Å². The summed E-state index contributed by atoms with van der Waals surface area (Å²) in [4.78, 5) is 27.5. The summed E-state index contributed by atoms with van der Waals surface area (Å²) < 4.78 is 37.7. The summed E-state index contributed by atoms with van der Waals surface area (Å²) in [5.74, 6) is -1.14. The number of ketones is 2. The molecular formula is C15H10F3NO2. The van der Waals surface area contributed by atoms with Gasteiger partial charge in [0.15, 0.2) is 11.6 Å². The number of hydrogen-bond acceptors (Lipinski definition) is 3. The van der Waals surface area contributed by atoms with Crippen molar-refractivity contribution in [3.63, 3.8) is 0 Å². The second kappa shape index (κ2) is 5.87. The Hall–Kier alpha value is -2.50. The van der Waals surface area contributed by atoms with Crippen LogP contribution in [0.25, 0.3) is 0 Å². The quantitative estimate of drug-likeness (QED) is 0.639. The molecule has 2 aromatic rings. The van der Waals surface area contributed by atoms with Crippen molar-refractivity contribution in [3.05, 3.63) is 65.5 Å². The molecule has 1 heterocycles. The zero-order chi connectivity index (χ0) is 15.5. The van der Waals surface area contributed by atoms with E-state index in [0.29, 0.717) is 0 Å². The number of carbonyl (C=O) groups excluding carboxylic acids is 2. The highest BCUT2D eigenvalue weighted by Gasteiger charge is 2.31. The number of benzene rings is 1. The fourth-order valence-electron chi connectivity index (χ4n) is 1.75. The maximum atomic E-state index is 12.6. The van der Waals surface area contributed by atoms with Crippen molar-refractivity contribution in [2.45, 2.75) is 12.6 Å². The molecule has 0 saturated heterocycles. The van der Waals surface area contributed by atoms with Gasteiger partial charge in [-0.15, -0.1) is 0 Å². The van der Waals surface area contributed by atoms with Gasteiger partial charge in [-0.3, -0.25) is 14.6 Å². The van der Waals surface area contributed by atoms with Crippen LogP contribution >= 0.6 is 0 Å². The number of pyridine rings is 1. The molecule has 21 heavy (non-hydrogen) atoms. The molecule has 0 unspecified atom stereocenters. The lowest BCUT2D eigenvalue weighted by atomic mass is 10.0. The average Bonchev–Trinajstić information content (AvgIpc) is 2.47. The molecule has 0 aliphatic rings. The molecule has 0 N–H and O–H groups in total. The lowest BCUT2D eigenvalue weighted by molar-refractivity contribution is -0.137. The van der Waals surface area contributed by atoms with E-state index in [1.807, 2.05) is 0 Å². The van der Waals surface area contributed by atoms with E-state index in [4.69, 9.17) is 0 Å². The third-order valence-corrected chi connectivity index (χ3v) is 2.82. The average molecular weight is 293 g/mol. The van der Waals surface area contributed by atoms with Gasteiger partial charge in [-0.1, -0.05) is 12.1 Å². The first kappa shape index (κ1) is 14.9. The summed E-state index contributed by atoms with van der Waals surface area (Å²) in [6.45, 7) is 0. The van der Waals surface area contributed by atoms with Gasteiger partial charge in [0.05, 0.1) is 12.0 Å². The Morgan fingerprint density at radius 2 is 1.67 bits per heavy atom. The Kier molecular flexibility index (Phi) is 4.16. The Labute approximate surface area is 118 Å². The van der Waals surface area contributed by atoms with Gasteiger partial charge in [0.25, 0.3) is 0 Å². The van der Waals surface area contributed by atoms with Crippen molar-refractivity contribution in [1.82, 2.24) is 4.98 Å². The minimum absolute atomic E-state index is 0.137. The molecule has 0 bridgehead atoms. The fourth-order valence-corrected chi connectivity index (χ4v) is 1.75. The molecule has 0 aliphatic heterocycles. The number of halogens is 3. The topological polar surface area (TPSA) is 47.0 Å². The highest BCUT2D eigenvalue weighted by Crippen LogP contribution is 2.29. The number of rotatable bonds is 4. The van der Waals surface area contributed by atoms with Crippen LogP contribution < -0.4 is 0 Å². The fraction of sp³-hybridized carbons (Fsp3) is 0.133. The zero-order valence-corrected chi connectivity index (χ0v) is 10.7. The molecule has 1 aromatic heterocycles. The third kappa shape index (κ3) is 3.75. The first-order valence-corrected chi connectivity index (χ1v) is 6.01. The molecule has 0 radical (unpaired) electrons. The summed E-state index contributed by atoms with van der Waals surface area (Å²) in [5.41, 5.74) is -0.804. The summed E-state index contributed by atoms with van der Waals surface area (Å²) in [7, 11) is 0. The second-order valence-corrected chi connectivity index (χ2v) is 4.34. The molecule has 2 rings (SSSR count). The van der Waals surface area contributed by atoms with Crippen LogP contribution in [0.1, 0.15) is 32.7 Å². The maximum absolute atomic E-state index is 12.6. The van der Waals surface area contributed by atoms with Crippen molar-refractivity contribution < 1.29 is 22.8 Å². The molecule has 108 valence electrons. The summed E-state index contributed by atoms with van der Waals surface area (Å²) in [6.07, 6.45) is -2.23. The van der Waals surface area contributed by atoms with Gasteiger partial charge in [-0.05, 0) is 24.3 Å². The van der Waals surface area contributed by atoms with Crippen LogP contribution in [0.4, 0.5) is 13.2 Å². The number of Topliss-reactive ketones (excluding diaryl/α,β-unsaturated/α-hetero) is 2. The van der Waals surface area contributed by atoms with Crippen LogP contribution in [0.5, 0.6) is 0 Å². The van der Waals surface area contributed by atoms with Crippen LogP contribution in [0.15, 0.2) is 48.8 Å². The van der Waals surface area contributed by atoms with Gasteiger partial charge in [0, 0.05) is 23.5 Å². The van der Waals surface area contributed by atoms with Crippen LogP contribution in [-0.2, 0) is 6.18 Å². The minimum atomic E-state index is -4.52. The molecule has 0 fully saturated rings. The summed E-state index contributed by atoms with van der Waals surface area (Å²) in [6, 6.07) is 7.06. The van der Waals surface area contributed by atoms with E-state index < -0.39 is 29.7 Å². The molecule has 0 atom stereocenters. The minimum Gasteiger partial charge on any atom is -0.294 e. The number of nitrogens with zero attached hydrogens (tertiary/aromatic N) is 1. The first-order valence-electron chi connectivity index (χ1n) is 6.01. The number of hydrogen-bond donors (Lipinski definition) is 0. The van der Waals surface area contributed by atoms with E-state index in [1.165, 1.54) is 24.5 Å². The normalized spacial score (nSPS) is 11.2. The number of alkyl halides is 3. The zero-order valence-electron chi connectivity index (χ0n) is 10.7. The molecule has 0 saturated carbocycles. The van der Waals surface area contributed by atoms with Crippen LogP contribution in [0, 0.1) is 0 Å². The summed E-state index contributed by atoms with van der Waals surface area (Å²) in [5, 5.41) is 0. The lowest BCUT2D eigenvalue weighted by Gasteiger charge is -2.08. The van der Waals surface area contributed by atoms with Crippen molar-refractivity contribution in [3.8, 4) is 0 Å². The third-order valence-electron chi connectivity index (χ3n) is 2.82. The van der Waals surface area contributed by atoms with E-state index >= 15 is 0 Å². The molecule has 0 aliphatic carbocycles. The standard InChI is InChI=1S/C15H10F3NO2/c16-15(17,18)12-5-1-3-10(7-12)13(20)8-14(21)11-4-2-6-19-9-11/h1-7,9H,8H2. The Morgan fingerprint density at radius 3 is 2.29 bits per heavy atom. The van der Waals surface area contributed by atoms with Crippen LogP contribution in [0.2, 0.25) is 0 Å². The van der Waals surface area contributed by atoms with Crippen molar-refractivity contribution in [2.24, 2.45) is 0 Å². The highest BCUT2D eigenvalue weighted by molar-refractivity contribution is 6.13. The Morgan fingerprint density at radius 1 is 1.00 bits per heavy atom. The van der Waals surface area contributed by atoms with Crippen LogP contribution in [0.3, 0.4) is 0 Å². The molecule has 0 amide bonds. The molecule has 6 heteroatoms. The van der Waals surface area contributed by atoms with Gasteiger partial charge in [-0.25, -0.2) is 0 Å². The second-order valence-electron chi connectivity index (χ2n) is 4.34. The van der Waals surface area contributed by atoms with E-state index in [0.717, 1.165) is 18.2 Å². The molecule has 0 spiro atoms. The highest BCUT2D eigenvalue weighted by atomic mass is 19.4. The smallest absolute Gasteiger partial charge is 0.294 e. The predicted molar refractivity (Wildman–Crippen MR) is 69.0 cm³/mol. The van der Waals surface area contributed by atoms with Gasteiger partial charge >= 0.3 is 6.18 Å². The van der Waals surface area contributed by atoms with E-state index in [9.17, 15) is 22.8 Å². The Bertz CT molecular complexity index is 666. The number of carbonyl (C=O) groups is 2. The predicted octanol–water partition coefficient (Wildman–Crippen LogP) is 3.56. The Balaban J connectivity index is 2.16. The van der Waals surface area contributed by atoms with E-state index in [-0.39, 0.29) is 11.1 Å². The monoisotopic (exact) mass is 293 g/mol. The molecule has 1 aromatic carbocycles. The largest absolute Gasteiger partial charge is 0.416 e. The number of aromatic nitrogens is 1. The van der Waals surface area contributed by atoms with Gasteiger partial charge < -0.3 is 0 Å². The van der Waals surface area contributed by atoms with Gasteiger partial charge in [0.2, 0.25) is 0 Å². The van der Waals surface area contributed by atoms with Crippen molar-refractivity contribution in [2.75, 3.05) is 0 Å². The van der Waals surface area contributed by atoms with Crippen molar-refractivity contribution in [1.29, 1.82) is 0 Å². The SMILES string of the molecule is O=C(CC(=O)c1cccc(C(F)(F)F)c1)c1cccnc1. The summed E-state index contributed by atoms with van der Waals surface area (Å²) >= 11 is 0. The lowest BCUT2D eigenvalue weighted by Crippen LogP contribution is -2.11.